The molecule has 26 heavy (non-hydrogen) atoms. The summed E-state index contributed by atoms with van der Waals surface area (Å²) in [5, 5.41) is 0. The average molecular weight is 369 g/mol. The third-order valence-corrected chi connectivity index (χ3v) is 4.54. The number of carbonyl (C=O) groups excluding carboxylic acids is 2. The Morgan fingerprint density at radius 1 is 0.962 bits per heavy atom. The zero-order chi connectivity index (χ0) is 20.2. The van der Waals surface area contributed by atoms with Gasteiger partial charge in [-0.3, -0.25) is 9.59 Å². The molecule has 0 spiro atoms. The second-order valence-corrected chi connectivity index (χ2v) is 8.05. The van der Waals surface area contributed by atoms with Crippen LogP contribution in [-0.2, 0) is 19.1 Å². The van der Waals surface area contributed by atoms with Crippen LogP contribution >= 0.6 is 0 Å². The topological polar surface area (TPSA) is 52.6 Å². The van der Waals surface area contributed by atoms with Crippen LogP contribution in [0, 0.1) is 17.3 Å². The van der Waals surface area contributed by atoms with Crippen LogP contribution in [0.15, 0.2) is 11.6 Å². The van der Waals surface area contributed by atoms with Crippen molar-refractivity contribution in [3.63, 3.8) is 0 Å². The molecule has 0 rings (SSSR count). The van der Waals surface area contributed by atoms with Crippen LogP contribution in [0.25, 0.3) is 0 Å². The fourth-order valence-electron chi connectivity index (χ4n) is 3.33. The van der Waals surface area contributed by atoms with Gasteiger partial charge in [0, 0.05) is 0 Å². The van der Waals surface area contributed by atoms with E-state index in [0.717, 1.165) is 19.3 Å². The Labute approximate surface area is 160 Å². The number of hydrogen-bond acceptors (Lipinski definition) is 4. The van der Waals surface area contributed by atoms with E-state index in [9.17, 15) is 9.59 Å². The van der Waals surface area contributed by atoms with Crippen LogP contribution < -0.4 is 0 Å². The minimum Gasteiger partial charge on any atom is -0.466 e. The predicted octanol–water partition coefficient (Wildman–Crippen LogP) is 5.70. The van der Waals surface area contributed by atoms with E-state index in [4.69, 9.17) is 9.47 Å². The first-order valence-electron chi connectivity index (χ1n) is 10.2. The maximum atomic E-state index is 12.6. The van der Waals surface area contributed by atoms with Gasteiger partial charge in [0.15, 0.2) is 0 Å². The van der Waals surface area contributed by atoms with Gasteiger partial charge in [-0.1, -0.05) is 66.0 Å². The smallest absolute Gasteiger partial charge is 0.310 e. The molecule has 0 aromatic rings. The van der Waals surface area contributed by atoms with E-state index in [1.54, 1.807) is 0 Å². The van der Waals surface area contributed by atoms with E-state index in [1.165, 1.54) is 18.4 Å². The van der Waals surface area contributed by atoms with Crippen LogP contribution in [0.2, 0.25) is 0 Å². The van der Waals surface area contributed by atoms with E-state index >= 15 is 0 Å². The van der Waals surface area contributed by atoms with Crippen molar-refractivity contribution >= 4 is 11.9 Å². The van der Waals surface area contributed by atoms with Crippen LogP contribution in [0.3, 0.4) is 0 Å². The Hall–Kier alpha value is -1.32. The van der Waals surface area contributed by atoms with Gasteiger partial charge in [0.1, 0.15) is 0 Å². The summed E-state index contributed by atoms with van der Waals surface area (Å²) in [5.41, 5.74) is 0.790. The molecule has 0 aliphatic heterocycles. The van der Waals surface area contributed by atoms with Gasteiger partial charge in [-0.05, 0) is 37.5 Å². The van der Waals surface area contributed by atoms with Gasteiger partial charge in [-0.25, -0.2) is 0 Å². The molecule has 0 radical (unpaired) electrons. The Bertz CT molecular complexity index is 451. The van der Waals surface area contributed by atoms with E-state index in [-0.39, 0.29) is 18.4 Å². The molecule has 152 valence electrons. The van der Waals surface area contributed by atoms with Crippen molar-refractivity contribution in [2.45, 2.75) is 87.0 Å². The van der Waals surface area contributed by atoms with Crippen LogP contribution in [0.1, 0.15) is 87.0 Å². The number of allylic oxidation sites excluding steroid dienone is 2. The highest BCUT2D eigenvalue weighted by Crippen LogP contribution is 2.35. The molecule has 0 N–H and O–H groups in total. The third kappa shape index (κ3) is 9.98. The lowest BCUT2D eigenvalue weighted by Crippen LogP contribution is -2.34. The van der Waals surface area contributed by atoms with E-state index < -0.39 is 11.3 Å². The average Bonchev–Trinajstić information content (AvgIpc) is 2.54. The first-order valence-corrected chi connectivity index (χ1v) is 10.2. The largest absolute Gasteiger partial charge is 0.466 e. The number of hydrogen-bond donors (Lipinski definition) is 0. The van der Waals surface area contributed by atoms with E-state index in [1.807, 2.05) is 27.7 Å². The third-order valence-electron chi connectivity index (χ3n) is 4.54. The molecule has 0 fully saturated rings. The molecular weight excluding hydrogens is 328 g/mol. The van der Waals surface area contributed by atoms with Crippen molar-refractivity contribution in [3.8, 4) is 0 Å². The molecule has 4 heteroatoms. The maximum absolute atomic E-state index is 12.6. The standard InChI is InChI=1S/C22H40O4/c1-8-11-17(4)14-18(5)16-22(6,7)19(21(24)26-13-10-3)15-20(23)25-12-9-2/h16-17,19H,8-15H2,1-7H3/b18-16-/t17-,19+/m1/s1. The minimum absolute atomic E-state index is 0.0594. The number of ether oxygens (including phenoxy) is 2. The number of carbonyl (C=O) groups is 2. The summed E-state index contributed by atoms with van der Waals surface area (Å²) in [7, 11) is 0. The van der Waals surface area contributed by atoms with Crippen molar-refractivity contribution in [3.05, 3.63) is 11.6 Å². The predicted molar refractivity (Wildman–Crippen MR) is 107 cm³/mol. The molecule has 0 aromatic carbocycles. The maximum Gasteiger partial charge on any atom is 0.310 e. The van der Waals surface area contributed by atoms with Gasteiger partial charge in [0.05, 0.1) is 25.6 Å². The van der Waals surface area contributed by atoms with Crippen LogP contribution in [0.5, 0.6) is 0 Å². The molecule has 0 aliphatic carbocycles. The molecule has 0 aromatic heterocycles. The van der Waals surface area contributed by atoms with Gasteiger partial charge in [-0.2, -0.15) is 0 Å². The summed E-state index contributed by atoms with van der Waals surface area (Å²) >= 11 is 0. The van der Waals surface area contributed by atoms with Crippen molar-refractivity contribution in [2.24, 2.45) is 17.3 Å². The highest BCUT2D eigenvalue weighted by molar-refractivity contribution is 5.81. The summed E-state index contributed by atoms with van der Waals surface area (Å²) in [6.45, 7) is 15.3. The second kappa shape index (κ2) is 12.9. The molecule has 0 amide bonds. The van der Waals surface area contributed by atoms with Gasteiger partial charge in [0.2, 0.25) is 0 Å². The monoisotopic (exact) mass is 368 g/mol. The zero-order valence-electron chi connectivity index (χ0n) is 18.0. The lowest BCUT2D eigenvalue weighted by atomic mass is 9.75. The Morgan fingerprint density at radius 2 is 1.54 bits per heavy atom. The van der Waals surface area contributed by atoms with Gasteiger partial charge < -0.3 is 9.47 Å². The Morgan fingerprint density at radius 3 is 2.08 bits per heavy atom. The van der Waals surface area contributed by atoms with E-state index in [0.29, 0.717) is 19.1 Å². The van der Waals surface area contributed by atoms with Gasteiger partial charge in [0.25, 0.3) is 0 Å². The second-order valence-electron chi connectivity index (χ2n) is 8.05. The molecule has 2 atom stereocenters. The van der Waals surface area contributed by atoms with Gasteiger partial charge in [-0.15, -0.1) is 0 Å². The number of esters is 2. The molecular formula is C22H40O4. The quantitative estimate of drug-likeness (QED) is 0.309. The first kappa shape index (κ1) is 24.7. The lowest BCUT2D eigenvalue weighted by molar-refractivity contribution is -0.158. The molecule has 0 unspecified atom stereocenters. The lowest BCUT2D eigenvalue weighted by Gasteiger charge is -2.30. The molecule has 0 bridgehead atoms. The fourth-order valence-corrected chi connectivity index (χ4v) is 3.33. The van der Waals surface area contributed by atoms with E-state index in [2.05, 4.69) is 26.8 Å². The molecule has 0 saturated carbocycles. The van der Waals surface area contributed by atoms with Gasteiger partial charge >= 0.3 is 11.9 Å². The van der Waals surface area contributed by atoms with Crippen molar-refractivity contribution in [2.75, 3.05) is 13.2 Å². The fraction of sp³-hybridized carbons (Fsp3) is 0.818. The SMILES string of the molecule is CCCOC(=O)C[C@@H](C(=O)OCCC)C(C)(C)/C=C(/C)C[C@H](C)CCC. The summed E-state index contributed by atoms with van der Waals surface area (Å²) < 4.78 is 10.6. The summed E-state index contributed by atoms with van der Waals surface area (Å²) in [6, 6.07) is 0. The van der Waals surface area contributed by atoms with Crippen LogP contribution in [0.4, 0.5) is 0 Å². The van der Waals surface area contributed by atoms with Crippen molar-refractivity contribution in [1.82, 2.24) is 0 Å². The zero-order valence-corrected chi connectivity index (χ0v) is 18.0. The van der Waals surface area contributed by atoms with Crippen molar-refractivity contribution in [1.29, 1.82) is 0 Å². The Balaban J connectivity index is 5.27. The molecule has 0 aliphatic rings. The molecule has 4 nitrogen and oxygen atoms in total. The first-order chi connectivity index (χ1) is 12.2. The molecule has 0 saturated heterocycles. The summed E-state index contributed by atoms with van der Waals surface area (Å²) in [6.07, 6.45) is 7.11. The normalized spacial score (nSPS) is 14.7. The minimum atomic E-state index is -0.533. The highest BCUT2D eigenvalue weighted by atomic mass is 16.5. The van der Waals surface area contributed by atoms with Crippen LogP contribution in [-0.4, -0.2) is 25.2 Å². The highest BCUT2D eigenvalue weighted by Gasteiger charge is 2.37. The summed E-state index contributed by atoms with van der Waals surface area (Å²) in [5.74, 6) is -0.554. The summed E-state index contributed by atoms with van der Waals surface area (Å²) in [4.78, 5) is 24.7. The van der Waals surface area contributed by atoms with Crippen molar-refractivity contribution < 1.29 is 19.1 Å². The molecule has 0 heterocycles. The number of rotatable bonds is 13. The Kier molecular flexibility index (Phi) is 12.3.